The zero-order valence-corrected chi connectivity index (χ0v) is 12.1. The average molecular weight is 330 g/mol. The van der Waals surface area contributed by atoms with Crippen molar-refractivity contribution in [2.75, 3.05) is 6.54 Å². The number of hydrogen-bond acceptors (Lipinski definition) is 7. The Kier molecular flexibility index (Phi) is 4.47. The Morgan fingerprint density at radius 3 is 2.48 bits per heavy atom. The summed E-state index contributed by atoms with van der Waals surface area (Å²) in [5.74, 6) is 0. The Balaban J connectivity index is 2.21. The van der Waals surface area contributed by atoms with E-state index in [2.05, 4.69) is 10.3 Å². The van der Waals surface area contributed by atoms with Crippen molar-refractivity contribution in [3.8, 4) is 0 Å². The Bertz CT molecular complexity index is 432. The number of nitrogens with zero attached hydrogens (tertiary/aromatic N) is 1. The number of alkyl halides is 3. The number of aliphatic hydroxyl groups excluding tert-OH is 2. The topological polar surface area (TPSA) is 94.3 Å². The van der Waals surface area contributed by atoms with Crippen LogP contribution in [-0.4, -0.2) is 68.6 Å². The van der Waals surface area contributed by atoms with Crippen LogP contribution in [-0.2, 0) is 4.74 Å². The molecule has 4 N–H and O–H groups in total. The highest BCUT2D eigenvalue weighted by atomic mass is 32.2. The Morgan fingerprint density at radius 1 is 1.33 bits per heavy atom. The molecule has 0 amide bonds. The molecule has 2 rings (SSSR count). The quantitative estimate of drug-likeness (QED) is 0.562. The Morgan fingerprint density at radius 2 is 1.95 bits per heavy atom. The van der Waals surface area contributed by atoms with Crippen molar-refractivity contribution in [3.05, 3.63) is 0 Å². The fourth-order valence-electron chi connectivity index (χ4n) is 2.22. The zero-order valence-electron chi connectivity index (χ0n) is 11.3. The van der Waals surface area contributed by atoms with Gasteiger partial charge in [-0.05, 0) is 13.8 Å². The van der Waals surface area contributed by atoms with Gasteiger partial charge in [-0.3, -0.25) is 4.99 Å². The van der Waals surface area contributed by atoms with E-state index in [1.165, 1.54) is 0 Å². The minimum Gasteiger partial charge on any atom is -0.388 e. The second kappa shape index (κ2) is 5.58. The molecule has 0 aromatic rings. The van der Waals surface area contributed by atoms with Crippen molar-refractivity contribution in [3.63, 3.8) is 0 Å². The van der Waals surface area contributed by atoms with Crippen LogP contribution < -0.4 is 5.32 Å². The number of halogens is 3. The molecule has 122 valence electrons. The monoisotopic (exact) mass is 330 g/mol. The highest BCUT2D eigenvalue weighted by Gasteiger charge is 2.62. The zero-order chi connectivity index (χ0) is 16.0. The smallest absolute Gasteiger partial charge is 0.388 e. The van der Waals surface area contributed by atoms with Crippen molar-refractivity contribution in [2.24, 2.45) is 4.99 Å². The van der Waals surface area contributed by atoms with Gasteiger partial charge in [0.2, 0.25) is 0 Å². The number of aliphatic imine (C=N–C) groups is 1. The highest BCUT2D eigenvalue weighted by molar-refractivity contribution is 8.14. The average Bonchev–Trinajstić information content (AvgIpc) is 2.75. The van der Waals surface area contributed by atoms with Gasteiger partial charge < -0.3 is 25.4 Å². The lowest BCUT2D eigenvalue weighted by Crippen LogP contribution is -2.66. The van der Waals surface area contributed by atoms with Crippen molar-refractivity contribution >= 4 is 16.9 Å². The second-order valence-corrected chi connectivity index (χ2v) is 6.21. The maximum Gasteiger partial charge on any atom is 0.419 e. The number of rotatable bonds is 2. The van der Waals surface area contributed by atoms with E-state index >= 15 is 0 Å². The standard InChI is InChI=1S/C11H17F3N2O4S/c1-3-15-9-16-4-5(17)6(18)7(20-8(4)21-9)10(2,19)11(12,13)14/h4-8,17-19H,3H2,1-2H3,(H,15,16)/t4?,5?,6?,7?,8?,10-/m1/s1. The Hall–Kier alpha value is -0.550. The van der Waals surface area contributed by atoms with E-state index in [-0.39, 0.29) is 0 Å². The molecule has 6 nitrogen and oxygen atoms in total. The first-order chi connectivity index (χ1) is 9.59. The molecule has 0 aromatic carbocycles. The summed E-state index contributed by atoms with van der Waals surface area (Å²) in [7, 11) is 0. The molecule has 0 spiro atoms. The van der Waals surface area contributed by atoms with E-state index in [4.69, 9.17) is 4.74 Å². The molecule has 0 radical (unpaired) electrons. The van der Waals surface area contributed by atoms with Crippen LogP contribution in [0.2, 0.25) is 0 Å². The summed E-state index contributed by atoms with van der Waals surface area (Å²) < 4.78 is 43.9. The minimum atomic E-state index is -5.00. The number of ether oxygens (including phenoxy) is 1. The van der Waals surface area contributed by atoms with Gasteiger partial charge in [0.1, 0.15) is 29.8 Å². The Labute approximate surface area is 123 Å². The summed E-state index contributed by atoms with van der Waals surface area (Å²) in [6, 6.07) is -0.876. The van der Waals surface area contributed by atoms with Gasteiger partial charge in [0.15, 0.2) is 10.8 Å². The maximum absolute atomic E-state index is 12.9. The van der Waals surface area contributed by atoms with Gasteiger partial charge in [-0.1, -0.05) is 11.8 Å². The number of fused-ring (bicyclic) bond motifs is 1. The van der Waals surface area contributed by atoms with Crippen LogP contribution >= 0.6 is 11.8 Å². The largest absolute Gasteiger partial charge is 0.419 e. The van der Waals surface area contributed by atoms with Gasteiger partial charge in [0.05, 0.1) is 0 Å². The van der Waals surface area contributed by atoms with Crippen molar-refractivity contribution in [1.29, 1.82) is 0 Å². The third kappa shape index (κ3) is 2.87. The first-order valence-electron chi connectivity index (χ1n) is 6.38. The number of aliphatic hydroxyl groups is 3. The van der Waals surface area contributed by atoms with Gasteiger partial charge in [-0.15, -0.1) is 0 Å². The van der Waals surface area contributed by atoms with Gasteiger partial charge in [0, 0.05) is 6.54 Å². The van der Waals surface area contributed by atoms with E-state index < -0.39 is 41.6 Å². The van der Waals surface area contributed by atoms with Crippen LogP contribution in [0.15, 0.2) is 4.99 Å². The molecule has 10 heteroatoms. The van der Waals surface area contributed by atoms with Crippen LogP contribution in [0.5, 0.6) is 0 Å². The SMILES string of the molecule is CCNC1=NC2C(OC([C@@](C)(O)C(F)(F)F)C(O)C2O)S1. The molecule has 1 saturated heterocycles. The molecule has 0 aliphatic carbocycles. The van der Waals surface area contributed by atoms with Crippen LogP contribution in [0, 0.1) is 0 Å². The fourth-order valence-corrected chi connectivity index (χ4v) is 3.39. The fraction of sp³-hybridized carbons (Fsp3) is 0.909. The van der Waals surface area contributed by atoms with Gasteiger partial charge in [-0.2, -0.15) is 13.2 Å². The molecule has 2 heterocycles. The lowest BCUT2D eigenvalue weighted by Gasteiger charge is -2.44. The van der Waals surface area contributed by atoms with Crippen molar-refractivity contribution < 1.29 is 33.2 Å². The van der Waals surface area contributed by atoms with Crippen LogP contribution in [0.4, 0.5) is 13.2 Å². The molecule has 2 aliphatic rings. The number of thioether (sulfide) groups is 1. The molecular weight excluding hydrogens is 313 g/mol. The van der Waals surface area contributed by atoms with Crippen LogP contribution in [0.1, 0.15) is 13.8 Å². The van der Waals surface area contributed by atoms with Crippen LogP contribution in [0.25, 0.3) is 0 Å². The van der Waals surface area contributed by atoms with E-state index in [1.54, 1.807) is 0 Å². The molecule has 2 aliphatic heterocycles. The predicted molar refractivity (Wildman–Crippen MR) is 69.8 cm³/mol. The summed E-state index contributed by atoms with van der Waals surface area (Å²) in [6.45, 7) is 2.88. The van der Waals surface area contributed by atoms with E-state index in [0.29, 0.717) is 18.6 Å². The minimum absolute atomic E-state index is 0.422. The first kappa shape index (κ1) is 16.8. The summed E-state index contributed by atoms with van der Waals surface area (Å²) in [5, 5.41) is 32.8. The molecule has 1 fully saturated rings. The van der Waals surface area contributed by atoms with Gasteiger partial charge >= 0.3 is 6.18 Å². The summed E-state index contributed by atoms with van der Waals surface area (Å²) in [4.78, 5) is 4.08. The van der Waals surface area contributed by atoms with E-state index in [1.807, 2.05) is 6.92 Å². The number of nitrogens with one attached hydrogen (secondary N) is 1. The molecule has 5 unspecified atom stereocenters. The number of amidine groups is 1. The molecule has 0 bridgehead atoms. The van der Waals surface area contributed by atoms with Gasteiger partial charge in [0.25, 0.3) is 0 Å². The predicted octanol–water partition coefficient (Wildman–Crippen LogP) is -0.173. The third-order valence-electron chi connectivity index (χ3n) is 3.52. The third-order valence-corrected chi connectivity index (χ3v) is 4.61. The molecule has 6 atom stereocenters. The summed E-state index contributed by atoms with van der Waals surface area (Å²) >= 11 is 1.02. The molecule has 21 heavy (non-hydrogen) atoms. The van der Waals surface area contributed by atoms with Crippen molar-refractivity contribution in [2.45, 2.75) is 55.4 Å². The lowest BCUT2D eigenvalue weighted by molar-refractivity contribution is -0.317. The normalized spacial score (nSPS) is 39.4. The molecule has 0 aromatic heterocycles. The summed E-state index contributed by atoms with van der Waals surface area (Å²) in [6.07, 6.45) is -10.4. The molecular formula is C11H17F3N2O4S. The van der Waals surface area contributed by atoms with Crippen molar-refractivity contribution in [1.82, 2.24) is 5.32 Å². The number of hydrogen-bond donors (Lipinski definition) is 4. The second-order valence-electron chi connectivity index (χ2n) is 5.12. The van der Waals surface area contributed by atoms with Crippen LogP contribution in [0.3, 0.4) is 0 Å². The van der Waals surface area contributed by atoms with Gasteiger partial charge in [-0.25, -0.2) is 0 Å². The summed E-state index contributed by atoms with van der Waals surface area (Å²) in [5.41, 5.74) is -4.17. The van der Waals surface area contributed by atoms with E-state index in [9.17, 15) is 28.5 Å². The molecule has 0 saturated carbocycles. The maximum atomic E-state index is 12.9. The first-order valence-corrected chi connectivity index (χ1v) is 7.26. The highest BCUT2D eigenvalue weighted by Crippen LogP contribution is 2.43. The van der Waals surface area contributed by atoms with E-state index in [0.717, 1.165) is 11.8 Å². The lowest BCUT2D eigenvalue weighted by atomic mass is 9.87.